The maximum Gasteiger partial charge on any atom is 0.270 e. The summed E-state index contributed by atoms with van der Waals surface area (Å²) in [6.07, 6.45) is 0.677. The van der Waals surface area contributed by atoms with Gasteiger partial charge in [0, 0.05) is 16.6 Å². The van der Waals surface area contributed by atoms with Crippen LogP contribution in [0.1, 0.15) is 20.3 Å². The van der Waals surface area contributed by atoms with E-state index in [1.165, 1.54) is 0 Å². The van der Waals surface area contributed by atoms with Crippen LogP contribution >= 0.6 is 23.2 Å². The molecule has 25 heavy (non-hydrogen) atoms. The third-order valence-corrected chi connectivity index (χ3v) is 4.43. The third kappa shape index (κ3) is 4.02. The summed E-state index contributed by atoms with van der Waals surface area (Å²) in [6.45, 7) is 4.54. The SMILES string of the molecule is CC1(C)Oc2ccc(Cl)cc2N(CCCOc2ccc(Cl)cc2)C1=O. The monoisotopic (exact) mass is 379 g/mol. The fourth-order valence-corrected chi connectivity index (χ4v) is 3.00. The number of fused-ring (bicyclic) bond motifs is 1. The van der Waals surface area contributed by atoms with Gasteiger partial charge in [0.15, 0.2) is 5.60 Å². The lowest BCUT2D eigenvalue weighted by Crippen LogP contribution is -2.52. The van der Waals surface area contributed by atoms with E-state index in [1.807, 2.05) is 12.1 Å². The fraction of sp³-hybridized carbons (Fsp3) is 0.316. The number of rotatable bonds is 5. The molecule has 3 rings (SSSR count). The van der Waals surface area contributed by atoms with Crippen LogP contribution in [0.3, 0.4) is 0 Å². The Balaban J connectivity index is 1.67. The van der Waals surface area contributed by atoms with Crippen molar-refractivity contribution in [3.05, 3.63) is 52.5 Å². The molecule has 0 radical (unpaired) electrons. The van der Waals surface area contributed by atoms with Gasteiger partial charge >= 0.3 is 0 Å². The molecule has 0 N–H and O–H groups in total. The van der Waals surface area contributed by atoms with Gasteiger partial charge in [0.1, 0.15) is 11.5 Å². The summed E-state index contributed by atoms with van der Waals surface area (Å²) in [6, 6.07) is 12.5. The number of nitrogens with zero attached hydrogens (tertiary/aromatic N) is 1. The van der Waals surface area contributed by atoms with Crippen molar-refractivity contribution in [2.45, 2.75) is 25.9 Å². The average Bonchev–Trinajstić information content (AvgIpc) is 2.57. The zero-order chi connectivity index (χ0) is 18.0. The van der Waals surface area contributed by atoms with Gasteiger partial charge in [-0.15, -0.1) is 0 Å². The van der Waals surface area contributed by atoms with Gasteiger partial charge in [-0.05, 0) is 62.7 Å². The second-order valence-electron chi connectivity index (χ2n) is 6.34. The Labute approximate surface area is 157 Å². The summed E-state index contributed by atoms with van der Waals surface area (Å²) < 4.78 is 11.5. The van der Waals surface area contributed by atoms with Crippen LogP contribution in [0.4, 0.5) is 5.69 Å². The summed E-state index contributed by atoms with van der Waals surface area (Å²) in [5.74, 6) is 1.32. The van der Waals surface area contributed by atoms with Crippen LogP contribution in [0.15, 0.2) is 42.5 Å². The first-order valence-electron chi connectivity index (χ1n) is 8.06. The van der Waals surface area contributed by atoms with Gasteiger partial charge in [-0.25, -0.2) is 0 Å². The van der Waals surface area contributed by atoms with Crippen molar-refractivity contribution < 1.29 is 14.3 Å². The molecular weight excluding hydrogens is 361 g/mol. The largest absolute Gasteiger partial charge is 0.494 e. The number of hydrogen-bond acceptors (Lipinski definition) is 3. The van der Waals surface area contributed by atoms with Crippen LogP contribution in [0, 0.1) is 0 Å². The number of anilines is 1. The number of hydrogen-bond donors (Lipinski definition) is 0. The Kier molecular flexibility index (Phi) is 5.11. The topological polar surface area (TPSA) is 38.8 Å². The smallest absolute Gasteiger partial charge is 0.270 e. The lowest BCUT2D eigenvalue weighted by molar-refractivity contribution is -0.132. The lowest BCUT2D eigenvalue weighted by Gasteiger charge is -2.38. The number of amides is 1. The standard InChI is InChI=1S/C19H19Cl2NO3/c1-19(2)18(23)22(16-12-14(21)6-9-17(16)25-19)10-3-11-24-15-7-4-13(20)5-8-15/h4-9,12H,3,10-11H2,1-2H3. The highest BCUT2D eigenvalue weighted by atomic mass is 35.5. The van der Waals surface area contributed by atoms with E-state index in [9.17, 15) is 4.79 Å². The minimum atomic E-state index is -0.905. The van der Waals surface area contributed by atoms with E-state index in [0.717, 1.165) is 5.75 Å². The molecule has 1 heterocycles. The van der Waals surface area contributed by atoms with E-state index in [-0.39, 0.29) is 5.91 Å². The number of carbonyl (C=O) groups excluding carboxylic acids is 1. The lowest BCUT2D eigenvalue weighted by atomic mass is 10.0. The van der Waals surface area contributed by atoms with Crippen molar-refractivity contribution in [1.82, 2.24) is 0 Å². The zero-order valence-corrected chi connectivity index (χ0v) is 15.6. The van der Waals surface area contributed by atoms with E-state index >= 15 is 0 Å². The molecule has 0 fully saturated rings. The first-order valence-corrected chi connectivity index (χ1v) is 8.81. The van der Waals surface area contributed by atoms with Gasteiger partial charge in [0.25, 0.3) is 5.91 Å². The van der Waals surface area contributed by atoms with E-state index < -0.39 is 5.60 Å². The molecule has 1 aliphatic rings. The van der Waals surface area contributed by atoms with Gasteiger partial charge in [0.05, 0.1) is 12.3 Å². The number of carbonyl (C=O) groups is 1. The highest BCUT2D eigenvalue weighted by molar-refractivity contribution is 6.31. The molecule has 0 aromatic heterocycles. The molecule has 0 saturated heterocycles. The Morgan fingerprint density at radius 1 is 1.08 bits per heavy atom. The quantitative estimate of drug-likeness (QED) is 0.688. The molecule has 0 saturated carbocycles. The predicted octanol–water partition coefficient (Wildman–Crippen LogP) is 4.97. The first-order chi connectivity index (χ1) is 11.9. The minimum absolute atomic E-state index is 0.0891. The molecule has 4 nitrogen and oxygen atoms in total. The minimum Gasteiger partial charge on any atom is -0.494 e. The van der Waals surface area contributed by atoms with Gasteiger partial charge in [0.2, 0.25) is 0 Å². The molecule has 2 aromatic carbocycles. The van der Waals surface area contributed by atoms with Crippen molar-refractivity contribution in [1.29, 1.82) is 0 Å². The molecule has 6 heteroatoms. The number of benzene rings is 2. The third-order valence-electron chi connectivity index (χ3n) is 3.95. The van der Waals surface area contributed by atoms with Crippen LogP contribution in [0.2, 0.25) is 10.0 Å². The van der Waals surface area contributed by atoms with Crippen molar-refractivity contribution in [2.75, 3.05) is 18.1 Å². The maximum absolute atomic E-state index is 12.7. The summed E-state index contributed by atoms with van der Waals surface area (Å²) in [4.78, 5) is 14.4. The molecule has 0 bridgehead atoms. The summed E-state index contributed by atoms with van der Waals surface area (Å²) >= 11 is 11.9. The van der Waals surface area contributed by atoms with Crippen molar-refractivity contribution >= 4 is 34.8 Å². The maximum atomic E-state index is 12.7. The van der Waals surface area contributed by atoms with E-state index in [4.69, 9.17) is 32.7 Å². The van der Waals surface area contributed by atoms with Gasteiger partial charge in [-0.1, -0.05) is 23.2 Å². The molecule has 2 aromatic rings. The van der Waals surface area contributed by atoms with Crippen LogP contribution in [-0.4, -0.2) is 24.7 Å². The highest BCUT2D eigenvalue weighted by Gasteiger charge is 2.40. The summed E-state index contributed by atoms with van der Waals surface area (Å²) in [5.41, 5.74) is -0.207. The second kappa shape index (κ2) is 7.14. The van der Waals surface area contributed by atoms with E-state index in [2.05, 4.69) is 0 Å². The summed E-state index contributed by atoms with van der Waals surface area (Å²) in [7, 11) is 0. The Bertz CT molecular complexity index is 775. The predicted molar refractivity (Wildman–Crippen MR) is 100 cm³/mol. The summed E-state index contributed by atoms with van der Waals surface area (Å²) in [5, 5.41) is 1.24. The van der Waals surface area contributed by atoms with Crippen LogP contribution in [0.25, 0.3) is 0 Å². The normalized spacial score (nSPS) is 15.5. The van der Waals surface area contributed by atoms with E-state index in [0.29, 0.717) is 41.1 Å². The Morgan fingerprint density at radius 2 is 1.76 bits per heavy atom. The van der Waals surface area contributed by atoms with Crippen molar-refractivity contribution in [3.8, 4) is 11.5 Å². The highest BCUT2D eigenvalue weighted by Crippen LogP contribution is 2.39. The Morgan fingerprint density at radius 3 is 2.48 bits per heavy atom. The zero-order valence-electron chi connectivity index (χ0n) is 14.1. The molecule has 0 spiro atoms. The van der Waals surface area contributed by atoms with Crippen LogP contribution < -0.4 is 14.4 Å². The molecule has 1 aliphatic heterocycles. The molecule has 1 amide bonds. The Hall–Kier alpha value is -1.91. The molecule has 0 unspecified atom stereocenters. The fourth-order valence-electron chi connectivity index (χ4n) is 2.71. The van der Waals surface area contributed by atoms with Gasteiger partial charge in [-0.3, -0.25) is 4.79 Å². The number of ether oxygens (including phenoxy) is 2. The van der Waals surface area contributed by atoms with E-state index in [1.54, 1.807) is 49.1 Å². The molecular formula is C19H19Cl2NO3. The number of halogens is 2. The first kappa shape index (κ1) is 17.9. The second-order valence-corrected chi connectivity index (χ2v) is 7.21. The van der Waals surface area contributed by atoms with Gasteiger partial charge < -0.3 is 14.4 Å². The van der Waals surface area contributed by atoms with Crippen LogP contribution in [-0.2, 0) is 4.79 Å². The average molecular weight is 380 g/mol. The molecule has 0 aliphatic carbocycles. The molecule has 132 valence electrons. The molecule has 0 atom stereocenters. The van der Waals surface area contributed by atoms with Crippen LogP contribution in [0.5, 0.6) is 11.5 Å². The van der Waals surface area contributed by atoms with Gasteiger partial charge in [-0.2, -0.15) is 0 Å². The van der Waals surface area contributed by atoms with Crippen molar-refractivity contribution in [2.24, 2.45) is 0 Å². The van der Waals surface area contributed by atoms with Crippen molar-refractivity contribution in [3.63, 3.8) is 0 Å².